The van der Waals surface area contributed by atoms with Crippen LogP contribution in [0.1, 0.15) is 19.4 Å². The summed E-state index contributed by atoms with van der Waals surface area (Å²) in [5.41, 5.74) is 2.06. The first kappa shape index (κ1) is 12.3. The van der Waals surface area contributed by atoms with Gasteiger partial charge in [0.1, 0.15) is 5.75 Å². The van der Waals surface area contributed by atoms with E-state index in [4.69, 9.17) is 4.74 Å². The Morgan fingerprint density at radius 1 is 1.25 bits per heavy atom. The highest BCUT2D eigenvalue weighted by Crippen LogP contribution is 2.19. The van der Waals surface area contributed by atoms with Gasteiger partial charge in [-0.2, -0.15) is 0 Å². The van der Waals surface area contributed by atoms with Crippen LogP contribution in [-0.2, 0) is 0 Å². The lowest BCUT2D eigenvalue weighted by Crippen LogP contribution is -2.05. The Hall–Kier alpha value is -1.76. The molecule has 0 unspecified atom stereocenters. The first-order valence-corrected chi connectivity index (χ1v) is 5.38. The van der Waals surface area contributed by atoms with E-state index in [1.165, 1.54) is 0 Å². The van der Waals surface area contributed by atoms with Gasteiger partial charge in [0.05, 0.1) is 6.10 Å². The van der Waals surface area contributed by atoms with Crippen LogP contribution in [0, 0.1) is 0 Å². The lowest BCUT2D eigenvalue weighted by molar-refractivity contribution is 0.242. The molecule has 0 spiro atoms. The molecule has 16 heavy (non-hydrogen) atoms. The summed E-state index contributed by atoms with van der Waals surface area (Å²) in [6.07, 6.45) is 5.75. The fourth-order valence-electron chi connectivity index (χ4n) is 1.30. The normalized spacial score (nSPS) is 10.7. The molecule has 84 valence electrons. The monoisotopic (exact) mass is 214 g/mol. The van der Waals surface area contributed by atoms with Crippen molar-refractivity contribution in [1.29, 1.82) is 0 Å². The molecule has 0 aliphatic carbocycles. The summed E-state index contributed by atoms with van der Waals surface area (Å²) in [4.78, 5) is 0. The summed E-state index contributed by atoms with van der Waals surface area (Å²) in [6.45, 7) is 11.6. The number of hydrogen-bond acceptors (Lipinski definition) is 1. The predicted molar refractivity (Wildman–Crippen MR) is 70.6 cm³/mol. The molecular formula is C15H18O. The van der Waals surface area contributed by atoms with Crippen LogP contribution in [0.25, 0.3) is 5.57 Å². The number of allylic oxidation sites excluding steroid dienone is 4. The molecule has 0 heterocycles. The van der Waals surface area contributed by atoms with Gasteiger partial charge >= 0.3 is 0 Å². The fourth-order valence-corrected chi connectivity index (χ4v) is 1.30. The minimum Gasteiger partial charge on any atom is -0.491 e. The molecule has 0 aromatic heterocycles. The van der Waals surface area contributed by atoms with Crippen molar-refractivity contribution in [2.45, 2.75) is 20.0 Å². The summed E-state index contributed by atoms with van der Waals surface area (Å²) in [5, 5.41) is 0. The molecule has 0 atom stereocenters. The maximum atomic E-state index is 5.57. The molecule has 1 aromatic carbocycles. The van der Waals surface area contributed by atoms with Gasteiger partial charge in [-0.25, -0.2) is 0 Å². The summed E-state index contributed by atoms with van der Waals surface area (Å²) in [6, 6.07) is 7.94. The molecule has 1 aromatic rings. The molecule has 0 aliphatic rings. The van der Waals surface area contributed by atoms with E-state index in [0.717, 1.165) is 16.9 Å². The first-order chi connectivity index (χ1) is 7.63. The van der Waals surface area contributed by atoms with Crippen molar-refractivity contribution in [2.75, 3.05) is 0 Å². The molecule has 0 N–H and O–H groups in total. The van der Waals surface area contributed by atoms with Crippen molar-refractivity contribution < 1.29 is 4.74 Å². The molecule has 0 bridgehead atoms. The van der Waals surface area contributed by atoms with E-state index in [-0.39, 0.29) is 6.10 Å². The summed E-state index contributed by atoms with van der Waals surface area (Å²) < 4.78 is 5.57. The van der Waals surface area contributed by atoms with Crippen LogP contribution in [-0.4, -0.2) is 6.10 Å². The van der Waals surface area contributed by atoms with Crippen molar-refractivity contribution in [3.05, 3.63) is 61.2 Å². The van der Waals surface area contributed by atoms with Crippen LogP contribution < -0.4 is 4.74 Å². The Labute approximate surface area is 97.8 Å². The van der Waals surface area contributed by atoms with Crippen molar-refractivity contribution in [3.8, 4) is 5.75 Å². The van der Waals surface area contributed by atoms with Gasteiger partial charge in [0.25, 0.3) is 0 Å². The van der Waals surface area contributed by atoms with Crippen LogP contribution in [0.2, 0.25) is 0 Å². The third-order valence-electron chi connectivity index (χ3n) is 2.03. The van der Waals surface area contributed by atoms with Gasteiger partial charge in [0.2, 0.25) is 0 Å². The van der Waals surface area contributed by atoms with Crippen LogP contribution in [0.15, 0.2) is 55.7 Å². The highest BCUT2D eigenvalue weighted by molar-refractivity contribution is 5.72. The van der Waals surface area contributed by atoms with Crippen molar-refractivity contribution in [2.24, 2.45) is 0 Å². The maximum Gasteiger partial charge on any atom is 0.119 e. The summed E-state index contributed by atoms with van der Waals surface area (Å²) in [7, 11) is 0. The zero-order valence-electron chi connectivity index (χ0n) is 9.94. The minimum absolute atomic E-state index is 0.203. The van der Waals surface area contributed by atoms with Gasteiger partial charge in [-0.3, -0.25) is 0 Å². The van der Waals surface area contributed by atoms with Crippen LogP contribution in [0.4, 0.5) is 0 Å². The second kappa shape index (κ2) is 5.96. The zero-order valence-corrected chi connectivity index (χ0v) is 9.94. The Morgan fingerprint density at radius 3 is 2.38 bits per heavy atom. The van der Waals surface area contributed by atoms with Crippen molar-refractivity contribution in [3.63, 3.8) is 0 Å². The average Bonchev–Trinajstić information content (AvgIpc) is 2.26. The SMILES string of the molecule is C=C/C=C\C(=C)c1ccc(OC(C)C)cc1. The lowest BCUT2D eigenvalue weighted by atomic mass is 10.1. The molecule has 1 nitrogen and oxygen atoms in total. The molecule has 0 aliphatic heterocycles. The van der Waals surface area contributed by atoms with Crippen LogP contribution in [0.3, 0.4) is 0 Å². The Kier molecular flexibility index (Phi) is 4.59. The molecule has 0 saturated carbocycles. The standard InChI is InChI=1S/C15H18O/c1-5-6-7-13(4)14-8-10-15(11-9-14)16-12(2)3/h5-12H,1,4H2,2-3H3/b7-6-. The predicted octanol–water partition coefficient (Wildman–Crippen LogP) is 4.23. The fraction of sp³-hybridized carbons (Fsp3) is 0.200. The molecule has 0 amide bonds. The van der Waals surface area contributed by atoms with Gasteiger partial charge < -0.3 is 4.74 Å². The van der Waals surface area contributed by atoms with E-state index in [1.807, 2.05) is 50.3 Å². The minimum atomic E-state index is 0.203. The maximum absolute atomic E-state index is 5.57. The van der Waals surface area contributed by atoms with Gasteiger partial charge in [-0.1, -0.05) is 43.5 Å². The second-order valence-corrected chi connectivity index (χ2v) is 3.81. The van der Waals surface area contributed by atoms with E-state index in [9.17, 15) is 0 Å². The summed E-state index contributed by atoms with van der Waals surface area (Å²) >= 11 is 0. The molecule has 1 heteroatoms. The van der Waals surface area contributed by atoms with E-state index in [1.54, 1.807) is 6.08 Å². The van der Waals surface area contributed by atoms with Crippen LogP contribution >= 0.6 is 0 Å². The molecule has 0 radical (unpaired) electrons. The third-order valence-corrected chi connectivity index (χ3v) is 2.03. The smallest absolute Gasteiger partial charge is 0.119 e. The number of ether oxygens (including phenoxy) is 1. The summed E-state index contributed by atoms with van der Waals surface area (Å²) in [5.74, 6) is 0.888. The largest absolute Gasteiger partial charge is 0.491 e. The average molecular weight is 214 g/mol. The molecule has 0 saturated heterocycles. The number of hydrogen-bond donors (Lipinski definition) is 0. The molecular weight excluding hydrogens is 196 g/mol. The molecule has 0 fully saturated rings. The highest BCUT2D eigenvalue weighted by atomic mass is 16.5. The van der Waals surface area contributed by atoms with E-state index in [2.05, 4.69) is 13.2 Å². The first-order valence-electron chi connectivity index (χ1n) is 5.38. The van der Waals surface area contributed by atoms with Gasteiger partial charge in [0, 0.05) is 0 Å². The Bertz CT molecular complexity index is 382. The van der Waals surface area contributed by atoms with Crippen molar-refractivity contribution in [1.82, 2.24) is 0 Å². The lowest BCUT2D eigenvalue weighted by Gasteiger charge is -2.10. The zero-order chi connectivity index (χ0) is 12.0. The van der Waals surface area contributed by atoms with E-state index < -0.39 is 0 Å². The Morgan fingerprint density at radius 2 is 1.88 bits per heavy atom. The van der Waals surface area contributed by atoms with E-state index >= 15 is 0 Å². The highest BCUT2D eigenvalue weighted by Gasteiger charge is 1.98. The second-order valence-electron chi connectivity index (χ2n) is 3.81. The quantitative estimate of drug-likeness (QED) is 0.666. The van der Waals surface area contributed by atoms with Crippen molar-refractivity contribution >= 4 is 5.57 Å². The van der Waals surface area contributed by atoms with Gasteiger partial charge in [-0.05, 0) is 37.1 Å². The van der Waals surface area contributed by atoms with Crippen LogP contribution in [0.5, 0.6) is 5.75 Å². The Balaban J connectivity index is 2.74. The van der Waals surface area contributed by atoms with Gasteiger partial charge in [-0.15, -0.1) is 0 Å². The number of benzene rings is 1. The number of rotatable bonds is 5. The molecule has 1 rings (SSSR count). The topological polar surface area (TPSA) is 9.23 Å². The third kappa shape index (κ3) is 3.77. The van der Waals surface area contributed by atoms with Gasteiger partial charge in [0.15, 0.2) is 0 Å². The van der Waals surface area contributed by atoms with E-state index in [0.29, 0.717) is 0 Å².